The lowest BCUT2D eigenvalue weighted by Gasteiger charge is -2.47. The van der Waals surface area contributed by atoms with Gasteiger partial charge < -0.3 is 55.5 Å². The van der Waals surface area contributed by atoms with E-state index in [0.717, 1.165) is 13.8 Å². The molecular weight excluding hydrogens is 396 g/mol. The molecule has 1 unspecified atom stereocenters. The molecule has 0 aromatic carbocycles. The predicted molar refractivity (Wildman–Crippen MR) is 91.8 cm³/mol. The van der Waals surface area contributed by atoms with Crippen LogP contribution in [0.4, 0.5) is 0 Å². The van der Waals surface area contributed by atoms with Gasteiger partial charge in [0.15, 0.2) is 12.6 Å². The van der Waals surface area contributed by atoms with Crippen LogP contribution in [-0.2, 0) is 23.8 Å². The first-order chi connectivity index (χ1) is 13.6. The molecule has 8 N–H and O–H groups in total. The van der Waals surface area contributed by atoms with Crippen molar-refractivity contribution in [2.45, 2.75) is 75.1 Å². The minimum atomic E-state index is -1.64. The third kappa shape index (κ3) is 5.39. The average Bonchev–Trinajstić information content (AvgIpc) is 2.65. The number of amides is 2. The third-order valence-corrected chi connectivity index (χ3v) is 4.78. The van der Waals surface area contributed by atoms with Crippen molar-refractivity contribution >= 4 is 11.8 Å². The van der Waals surface area contributed by atoms with E-state index in [2.05, 4.69) is 10.6 Å². The van der Waals surface area contributed by atoms with Gasteiger partial charge in [-0.1, -0.05) is 0 Å². The van der Waals surface area contributed by atoms with E-state index < -0.39 is 86.3 Å². The van der Waals surface area contributed by atoms with Crippen LogP contribution >= 0.6 is 0 Å². The van der Waals surface area contributed by atoms with Crippen LogP contribution in [0.5, 0.6) is 0 Å². The molecule has 2 aliphatic heterocycles. The smallest absolute Gasteiger partial charge is 0.217 e. The molecule has 29 heavy (non-hydrogen) atoms. The highest BCUT2D eigenvalue weighted by Gasteiger charge is 2.51. The lowest BCUT2D eigenvalue weighted by molar-refractivity contribution is -0.327. The van der Waals surface area contributed by atoms with Gasteiger partial charge in [-0.05, 0) is 0 Å². The van der Waals surface area contributed by atoms with Gasteiger partial charge in [-0.3, -0.25) is 9.59 Å². The molecule has 0 radical (unpaired) electrons. The molecular formula is C16H28N2O11. The number of rotatable bonds is 6. The molecule has 0 aromatic heterocycles. The highest BCUT2D eigenvalue weighted by Crippen LogP contribution is 2.28. The fourth-order valence-corrected chi connectivity index (χ4v) is 3.38. The first-order valence-corrected chi connectivity index (χ1v) is 9.05. The van der Waals surface area contributed by atoms with Crippen LogP contribution in [0.15, 0.2) is 0 Å². The second-order valence-electron chi connectivity index (χ2n) is 7.00. The zero-order valence-corrected chi connectivity index (χ0v) is 15.9. The summed E-state index contributed by atoms with van der Waals surface area (Å²) in [6.07, 6.45) is -11.7. The van der Waals surface area contributed by atoms with E-state index in [9.17, 15) is 40.2 Å². The maximum atomic E-state index is 11.5. The van der Waals surface area contributed by atoms with Crippen LogP contribution in [-0.4, -0.2) is 117 Å². The molecule has 0 saturated carbocycles. The lowest BCUT2D eigenvalue weighted by Crippen LogP contribution is -2.69. The summed E-state index contributed by atoms with van der Waals surface area (Å²) in [7, 11) is 0. The lowest BCUT2D eigenvalue weighted by atomic mass is 9.94. The van der Waals surface area contributed by atoms with E-state index in [1.54, 1.807) is 0 Å². The Labute approximate surface area is 166 Å². The number of hydrogen-bond acceptors (Lipinski definition) is 11. The van der Waals surface area contributed by atoms with Crippen molar-refractivity contribution in [2.75, 3.05) is 13.2 Å². The zero-order valence-electron chi connectivity index (χ0n) is 15.9. The Kier molecular flexibility index (Phi) is 8.28. The van der Waals surface area contributed by atoms with Gasteiger partial charge in [0.05, 0.1) is 13.2 Å². The van der Waals surface area contributed by atoms with E-state index in [1.807, 2.05) is 0 Å². The second-order valence-corrected chi connectivity index (χ2v) is 7.00. The highest BCUT2D eigenvalue weighted by molar-refractivity contribution is 5.73. The SMILES string of the molecule is CC(=O)N[C@H]1[C@H](O[C@H]2[C@@H](O)[C@@H](NC(C)=O)C(O)O[C@@H]2CO)O[C@H](CO)[C@@H](O)[C@H]1O. The summed E-state index contributed by atoms with van der Waals surface area (Å²) in [6, 6.07) is -2.59. The van der Waals surface area contributed by atoms with E-state index in [-0.39, 0.29) is 0 Å². The molecule has 168 valence electrons. The van der Waals surface area contributed by atoms with E-state index >= 15 is 0 Å². The van der Waals surface area contributed by atoms with Crippen molar-refractivity contribution in [3.63, 3.8) is 0 Å². The third-order valence-electron chi connectivity index (χ3n) is 4.78. The highest BCUT2D eigenvalue weighted by atomic mass is 16.7. The summed E-state index contributed by atoms with van der Waals surface area (Å²) in [5.41, 5.74) is 0. The van der Waals surface area contributed by atoms with Gasteiger partial charge in [-0.2, -0.15) is 0 Å². The molecule has 2 heterocycles. The molecule has 2 amide bonds. The van der Waals surface area contributed by atoms with Crippen LogP contribution in [0, 0.1) is 0 Å². The molecule has 0 bridgehead atoms. The Morgan fingerprint density at radius 2 is 1.38 bits per heavy atom. The van der Waals surface area contributed by atoms with E-state index in [1.165, 1.54) is 0 Å². The summed E-state index contributed by atoms with van der Waals surface area (Å²) < 4.78 is 16.3. The topological polar surface area (TPSA) is 207 Å². The summed E-state index contributed by atoms with van der Waals surface area (Å²) >= 11 is 0. The molecule has 0 aliphatic carbocycles. The number of carbonyl (C=O) groups is 2. The fourth-order valence-electron chi connectivity index (χ4n) is 3.38. The molecule has 2 saturated heterocycles. The number of carbonyl (C=O) groups excluding carboxylic acids is 2. The fraction of sp³-hybridized carbons (Fsp3) is 0.875. The van der Waals surface area contributed by atoms with E-state index in [4.69, 9.17) is 14.2 Å². The van der Waals surface area contributed by atoms with Gasteiger partial charge in [0, 0.05) is 13.8 Å². The number of aliphatic hydroxyl groups is 6. The van der Waals surface area contributed by atoms with Crippen LogP contribution < -0.4 is 10.6 Å². The summed E-state index contributed by atoms with van der Waals surface area (Å²) in [6.45, 7) is 0.962. The minimum absolute atomic E-state index is 0.568. The minimum Gasteiger partial charge on any atom is -0.394 e. The molecule has 10 atom stereocenters. The van der Waals surface area contributed by atoms with Crippen LogP contribution in [0.3, 0.4) is 0 Å². The Morgan fingerprint density at radius 3 is 1.90 bits per heavy atom. The zero-order chi connectivity index (χ0) is 21.9. The Bertz CT molecular complexity index is 579. The summed E-state index contributed by atoms with van der Waals surface area (Å²) in [5.74, 6) is -1.14. The van der Waals surface area contributed by atoms with Gasteiger partial charge in [0.25, 0.3) is 0 Å². The monoisotopic (exact) mass is 424 g/mol. The van der Waals surface area contributed by atoms with Crippen LogP contribution in [0.25, 0.3) is 0 Å². The first kappa shape index (κ1) is 23.9. The summed E-state index contributed by atoms with van der Waals surface area (Å²) in [4.78, 5) is 22.8. The Balaban J connectivity index is 2.26. The van der Waals surface area contributed by atoms with Crippen molar-refractivity contribution in [1.82, 2.24) is 10.6 Å². The van der Waals surface area contributed by atoms with Crippen molar-refractivity contribution in [2.24, 2.45) is 0 Å². The number of ether oxygens (including phenoxy) is 3. The molecule has 2 rings (SSSR count). The molecule has 0 aromatic rings. The van der Waals surface area contributed by atoms with Crippen LogP contribution in [0.1, 0.15) is 13.8 Å². The quantitative estimate of drug-likeness (QED) is 0.202. The molecule has 0 spiro atoms. The predicted octanol–water partition coefficient (Wildman–Crippen LogP) is -5.11. The van der Waals surface area contributed by atoms with Crippen molar-refractivity contribution in [3.8, 4) is 0 Å². The number of hydrogen-bond donors (Lipinski definition) is 8. The van der Waals surface area contributed by atoms with Crippen LogP contribution in [0.2, 0.25) is 0 Å². The van der Waals surface area contributed by atoms with Gasteiger partial charge >= 0.3 is 0 Å². The largest absolute Gasteiger partial charge is 0.394 e. The van der Waals surface area contributed by atoms with Gasteiger partial charge in [-0.25, -0.2) is 0 Å². The average molecular weight is 424 g/mol. The maximum absolute atomic E-state index is 11.5. The van der Waals surface area contributed by atoms with Crippen molar-refractivity contribution in [1.29, 1.82) is 0 Å². The van der Waals surface area contributed by atoms with Crippen molar-refractivity contribution < 1.29 is 54.4 Å². The summed E-state index contributed by atoms with van der Waals surface area (Å²) in [5, 5.41) is 64.5. The standard InChI is InChI=1S/C16H28N2O11/c1-5(21)17-9-13(25)14(8(4-20)27-15(9)26)29-16-10(18-6(2)22)12(24)11(23)7(3-19)28-16/h7-16,19-20,23-26H,3-4H2,1-2H3,(H,17,21)(H,18,22)/t7-,8-,9-,10-,11-,12+,13+,14-,15?,16+/m1/s1. The second kappa shape index (κ2) is 10.1. The van der Waals surface area contributed by atoms with Gasteiger partial charge in [0.1, 0.15) is 48.7 Å². The van der Waals surface area contributed by atoms with Crippen molar-refractivity contribution in [3.05, 3.63) is 0 Å². The molecule has 2 aliphatic rings. The normalized spacial score (nSPS) is 42.9. The Hall–Kier alpha value is -1.42. The molecule has 13 heteroatoms. The first-order valence-electron chi connectivity index (χ1n) is 9.05. The Morgan fingerprint density at radius 1 is 0.828 bits per heavy atom. The molecule has 13 nitrogen and oxygen atoms in total. The maximum Gasteiger partial charge on any atom is 0.217 e. The number of nitrogens with one attached hydrogen (secondary N) is 2. The van der Waals surface area contributed by atoms with E-state index in [0.29, 0.717) is 0 Å². The molecule has 2 fully saturated rings. The van der Waals surface area contributed by atoms with Gasteiger partial charge in [-0.15, -0.1) is 0 Å². The van der Waals surface area contributed by atoms with Gasteiger partial charge in [0.2, 0.25) is 11.8 Å². The number of aliphatic hydroxyl groups excluding tert-OH is 6.